The molecule has 0 aromatic heterocycles. The molecule has 0 atom stereocenters. The van der Waals surface area contributed by atoms with Crippen LogP contribution >= 0.6 is 0 Å². The van der Waals surface area contributed by atoms with Gasteiger partial charge in [0.1, 0.15) is 0 Å². The highest BCUT2D eigenvalue weighted by atomic mass is 16.4. The number of benzene rings is 1. The molecule has 74 valence electrons. The number of aliphatic carboxylic acids is 1. The van der Waals surface area contributed by atoms with E-state index in [4.69, 9.17) is 5.11 Å². The van der Waals surface area contributed by atoms with Crippen molar-refractivity contribution >= 4 is 5.97 Å². The van der Waals surface area contributed by atoms with Crippen LogP contribution in [0.1, 0.15) is 18.9 Å². The van der Waals surface area contributed by atoms with Crippen molar-refractivity contribution in [2.24, 2.45) is 0 Å². The largest absolute Gasteiger partial charge is 0.478 e. The molecule has 0 saturated heterocycles. The van der Waals surface area contributed by atoms with Crippen molar-refractivity contribution in [1.29, 1.82) is 0 Å². The summed E-state index contributed by atoms with van der Waals surface area (Å²) in [7, 11) is 0. The first-order valence-corrected chi connectivity index (χ1v) is 4.70. The maximum atomic E-state index is 10.7. The minimum absolute atomic E-state index is 0.480. The summed E-state index contributed by atoms with van der Waals surface area (Å²) in [4.78, 5) is 10.7. The van der Waals surface area contributed by atoms with E-state index in [1.54, 1.807) is 6.08 Å². The van der Waals surface area contributed by atoms with Crippen LogP contribution in [0.2, 0.25) is 0 Å². The molecule has 0 spiro atoms. The second-order valence-corrected chi connectivity index (χ2v) is 3.08. The number of carbonyl (C=O) groups is 1. The summed E-state index contributed by atoms with van der Waals surface area (Å²) in [6.45, 7) is 1.85. The molecule has 0 bridgehead atoms. The Morgan fingerprint density at radius 3 is 2.50 bits per heavy atom. The van der Waals surface area contributed by atoms with Crippen LogP contribution in [-0.4, -0.2) is 11.1 Å². The third-order valence-corrected chi connectivity index (χ3v) is 2.08. The second-order valence-electron chi connectivity index (χ2n) is 3.08. The zero-order valence-corrected chi connectivity index (χ0v) is 8.23. The van der Waals surface area contributed by atoms with Gasteiger partial charge in [-0.2, -0.15) is 0 Å². The fourth-order valence-electron chi connectivity index (χ4n) is 1.24. The van der Waals surface area contributed by atoms with Gasteiger partial charge in [0.25, 0.3) is 0 Å². The lowest BCUT2D eigenvalue weighted by Crippen LogP contribution is -1.99. The van der Waals surface area contributed by atoms with Crippen LogP contribution in [0.15, 0.2) is 42.0 Å². The van der Waals surface area contributed by atoms with E-state index in [0.29, 0.717) is 18.4 Å². The van der Waals surface area contributed by atoms with Gasteiger partial charge >= 0.3 is 5.97 Å². The maximum Gasteiger partial charge on any atom is 0.331 e. The summed E-state index contributed by atoms with van der Waals surface area (Å²) in [5.74, 6) is -0.816. The zero-order chi connectivity index (χ0) is 10.4. The third-order valence-electron chi connectivity index (χ3n) is 2.08. The van der Waals surface area contributed by atoms with Gasteiger partial charge in [-0.1, -0.05) is 43.3 Å². The molecule has 0 fully saturated rings. The van der Waals surface area contributed by atoms with Gasteiger partial charge in [0.2, 0.25) is 0 Å². The molecule has 0 saturated carbocycles. The lowest BCUT2D eigenvalue weighted by atomic mass is 10.1. The Kier molecular flexibility index (Phi) is 3.92. The number of carboxylic acids is 1. The fourth-order valence-corrected chi connectivity index (χ4v) is 1.24. The first kappa shape index (κ1) is 10.5. The Morgan fingerprint density at radius 1 is 1.36 bits per heavy atom. The normalized spacial score (nSPS) is 11.4. The Balaban J connectivity index is 2.66. The van der Waals surface area contributed by atoms with E-state index in [1.807, 2.05) is 37.3 Å². The monoisotopic (exact) mass is 190 g/mol. The van der Waals surface area contributed by atoms with E-state index in [0.717, 1.165) is 5.56 Å². The van der Waals surface area contributed by atoms with Gasteiger partial charge in [-0.3, -0.25) is 0 Å². The topological polar surface area (TPSA) is 37.3 Å². The van der Waals surface area contributed by atoms with Crippen LogP contribution < -0.4 is 0 Å². The summed E-state index contributed by atoms with van der Waals surface area (Å²) < 4.78 is 0. The summed E-state index contributed by atoms with van der Waals surface area (Å²) in [5, 5.41) is 8.78. The van der Waals surface area contributed by atoms with Crippen molar-refractivity contribution in [2.75, 3.05) is 0 Å². The molecule has 1 N–H and O–H groups in total. The van der Waals surface area contributed by atoms with E-state index < -0.39 is 5.97 Å². The molecular weight excluding hydrogens is 176 g/mol. The van der Waals surface area contributed by atoms with Crippen molar-refractivity contribution in [2.45, 2.75) is 19.8 Å². The van der Waals surface area contributed by atoms with Crippen molar-refractivity contribution in [3.05, 3.63) is 47.5 Å². The minimum atomic E-state index is -0.816. The molecule has 14 heavy (non-hydrogen) atoms. The number of allylic oxidation sites excluding steroid dienone is 1. The smallest absolute Gasteiger partial charge is 0.331 e. The molecule has 1 aromatic rings. The third kappa shape index (κ3) is 3.05. The van der Waals surface area contributed by atoms with Crippen molar-refractivity contribution < 1.29 is 9.90 Å². The van der Waals surface area contributed by atoms with E-state index in [2.05, 4.69) is 0 Å². The van der Waals surface area contributed by atoms with E-state index >= 15 is 0 Å². The van der Waals surface area contributed by atoms with Gasteiger partial charge in [-0.15, -0.1) is 0 Å². The van der Waals surface area contributed by atoms with E-state index in [1.165, 1.54) is 0 Å². The second kappa shape index (κ2) is 5.22. The Labute approximate surface area is 83.9 Å². The summed E-state index contributed by atoms with van der Waals surface area (Å²) >= 11 is 0. The molecule has 2 nitrogen and oxygen atoms in total. The molecule has 1 rings (SSSR count). The summed E-state index contributed by atoms with van der Waals surface area (Å²) in [6.07, 6.45) is 3.04. The summed E-state index contributed by atoms with van der Waals surface area (Å²) in [6, 6.07) is 9.84. The van der Waals surface area contributed by atoms with E-state index in [9.17, 15) is 4.79 Å². The van der Waals surface area contributed by atoms with Crippen molar-refractivity contribution in [3.63, 3.8) is 0 Å². The zero-order valence-electron chi connectivity index (χ0n) is 8.23. The Hall–Kier alpha value is -1.57. The standard InChI is InChI=1S/C12H14O2/c1-2-11(12(13)14)9-8-10-6-4-3-5-7-10/h3-7,9H,2,8H2,1H3,(H,13,14). The van der Waals surface area contributed by atoms with Gasteiger partial charge in [-0.25, -0.2) is 4.79 Å². The van der Waals surface area contributed by atoms with Crippen molar-refractivity contribution in [3.8, 4) is 0 Å². The van der Waals surface area contributed by atoms with Crippen molar-refractivity contribution in [1.82, 2.24) is 0 Å². The lowest BCUT2D eigenvalue weighted by Gasteiger charge is -1.98. The first-order valence-electron chi connectivity index (χ1n) is 4.70. The van der Waals surface area contributed by atoms with Gasteiger partial charge in [0.15, 0.2) is 0 Å². The number of hydrogen-bond acceptors (Lipinski definition) is 1. The Bertz CT molecular complexity index is 325. The van der Waals surface area contributed by atoms with Gasteiger partial charge in [0, 0.05) is 5.57 Å². The van der Waals surface area contributed by atoms with Gasteiger partial charge in [-0.05, 0) is 18.4 Å². The minimum Gasteiger partial charge on any atom is -0.478 e. The Morgan fingerprint density at radius 2 is 2.00 bits per heavy atom. The molecule has 0 radical (unpaired) electrons. The molecule has 1 aromatic carbocycles. The lowest BCUT2D eigenvalue weighted by molar-refractivity contribution is -0.132. The number of rotatable bonds is 4. The van der Waals surface area contributed by atoms with Crippen LogP contribution in [0.25, 0.3) is 0 Å². The average molecular weight is 190 g/mol. The number of carboxylic acid groups (broad SMARTS) is 1. The molecule has 0 aliphatic carbocycles. The highest BCUT2D eigenvalue weighted by Crippen LogP contribution is 2.06. The van der Waals surface area contributed by atoms with Crippen LogP contribution in [0.4, 0.5) is 0 Å². The molecule has 2 heteroatoms. The highest BCUT2D eigenvalue weighted by molar-refractivity contribution is 5.86. The average Bonchev–Trinajstić information content (AvgIpc) is 2.20. The number of hydrogen-bond donors (Lipinski definition) is 1. The fraction of sp³-hybridized carbons (Fsp3) is 0.250. The van der Waals surface area contributed by atoms with Crippen LogP contribution in [0, 0.1) is 0 Å². The molecule has 0 heterocycles. The first-order chi connectivity index (χ1) is 6.74. The molecule has 0 aliphatic heterocycles. The maximum absolute atomic E-state index is 10.7. The summed E-state index contributed by atoms with van der Waals surface area (Å²) in [5.41, 5.74) is 1.62. The quantitative estimate of drug-likeness (QED) is 0.741. The van der Waals surface area contributed by atoms with Crippen LogP contribution in [0.3, 0.4) is 0 Å². The molecule has 0 unspecified atom stereocenters. The highest BCUT2D eigenvalue weighted by Gasteiger charge is 2.02. The van der Waals surface area contributed by atoms with E-state index in [-0.39, 0.29) is 0 Å². The molecule has 0 amide bonds. The molecular formula is C12H14O2. The predicted molar refractivity (Wildman–Crippen MR) is 56.2 cm³/mol. The predicted octanol–water partition coefficient (Wildman–Crippen LogP) is 2.65. The SMILES string of the molecule is CCC(=CCc1ccccc1)C(=O)O. The van der Waals surface area contributed by atoms with Gasteiger partial charge < -0.3 is 5.11 Å². The van der Waals surface area contributed by atoms with Gasteiger partial charge in [0.05, 0.1) is 0 Å². The van der Waals surface area contributed by atoms with Crippen LogP contribution in [0.5, 0.6) is 0 Å². The van der Waals surface area contributed by atoms with Crippen LogP contribution in [-0.2, 0) is 11.2 Å². The molecule has 0 aliphatic rings.